The van der Waals surface area contributed by atoms with Crippen molar-refractivity contribution in [3.63, 3.8) is 0 Å². The molecule has 18 heavy (non-hydrogen) atoms. The lowest BCUT2D eigenvalue weighted by molar-refractivity contribution is 0.590. The minimum atomic E-state index is 0.0665. The van der Waals surface area contributed by atoms with Gasteiger partial charge in [-0.1, -0.05) is 23.3 Å². The number of hydrogen-bond donors (Lipinski definition) is 1. The summed E-state index contributed by atoms with van der Waals surface area (Å²) >= 11 is 0. The molecule has 0 unspecified atom stereocenters. The maximum absolute atomic E-state index is 5.41. The minimum absolute atomic E-state index is 0.0665. The van der Waals surface area contributed by atoms with Crippen LogP contribution in [0.25, 0.3) is 22.6 Å². The van der Waals surface area contributed by atoms with Crippen molar-refractivity contribution in [3.05, 3.63) is 48.8 Å². The first kappa shape index (κ1) is 10.5. The number of anilines is 1. The number of nitrogen functional groups attached to an aromatic ring is 1. The summed E-state index contributed by atoms with van der Waals surface area (Å²) in [5.41, 5.74) is 8.32. The summed E-state index contributed by atoms with van der Waals surface area (Å²) in [4.78, 5) is 4.10. The van der Waals surface area contributed by atoms with Crippen LogP contribution < -0.4 is 5.73 Å². The smallest absolute Gasteiger partial charge is 0.313 e. The molecule has 0 saturated heterocycles. The van der Waals surface area contributed by atoms with Gasteiger partial charge in [0.05, 0.1) is 0 Å². The largest absolute Gasteiger partial charge is 0.404 e. The molecule has 0 aliphatic rings. The molecule has 5 heteroatoms. The molecule has 2 aromatic heterocycles. The van der Waals surface area contributed by atoms with Gasteiger partial charge in [-0.15, -0.1) is 5.10 Å². The molecule has 2 N–H and O–H groups in total. The van der Waals surface area contributed by atoms with Crippen molar-refractivity contribution < 1.29 is 4.42 Å². The Kier molecular flexibility index (Phi) is 2.49. The van der Waals surface area contributed by atoms with Crippen molar-refractivity contribution in [2.24, 2.45) is 0 Å². The van der Waals surface area contributed by atoms with Crippen molar-refractivity contribution in [3.8, 4) is 22.6 Å². The van der Waals surface area contributed by atoms with Crippen molar-refractivity contribution in [1.82, 2.24) is 15.2 Å². The fourth-order valence-corrected chi connectivity index (χ4v) is 1.72. The zero-order valence-corrected chi connectivity index (χ0v) is 9.45. The van der Waals surface area contributed by atoms with Gasteiger partial charge in [-0.2, -0.15) is 0 Å². The third-order valence-corrected chi connectivity index (χ3v) is 2.55. The quantitative estimate of drug-likeness (QED) is 0.741. The van der Waals surface area contributed by atoms with E-state index < -0.39 is 0 Å². The van der Waals surface area contributed by atoms with Gasteiger partial charge in [0, 0.05) is 23.5 Å². The molecular weight excluding hydrogens is 228 g/mol. The van der Waals surface area contributed by atoms with E-state index in [9.17, 15) is 0 Å². The molecule has 88 valence electrons. The van der Waals surface area contributed by atoms with Crippen LogP contribution in [0.3, 0.4) is 0 Å². The predicted molar refractivity (Wildman–Crippen MR) is 67.4 cm³/mol. The lowest BCUT2D eigenvalue weighted by Gasteiger charge is -2.02. The summed E-state index contributed by atoms with van der Waals surface area (Å²) < 4.78 is 5.20. The van der Waals surface area contributed by atoms with Crippen LogP contribution >= 0.6 is 0 Å². The second-order valence-electron chi connectivity index (χ2n) is 3.77. The van der Waals surface area contributed by atoms with E-state index in [4.69, 9.17) is 10.2 Å². The second kappa shape index (κ2) is 4.29. The van der Waals surface area contributed by atoms with Crippen LogP contribution in [-0.2, 0) is 0 Å². The Labute approximate surface area is 103 Å². The van der Waals surface area contributed by atoms with Crippen molar-refractivity contribution in [2.75, 3.05) is 5.73 Å². The number of aromatic nitrogens is 3. The molecule has 5 nitrogen and oxygen atoms in total. The summed E-state index contributed by atoms with van der Waals surface area (Å²) in [7, 11) is 0. The van der Waals surface area contributed by atoms with Crippen LogP contribution in [-0.4, -0.2) is 15.2 Å². The average Bonchev–Trinajstić information content (AvgIpc) is 2.87. The molecular formula is C13H10N4O. The van der Waals surface area contributed by atoms with Gasteiger partial charge < -0.3 is 10.2 Å². The lowest BCUT2D eigenvalue weighted by atomic mass is 10.1. The first-order valence-electron chi connectivity index (χ1n) is 5.43. The van der Waals surface area contributed by atoms with Crippen LogP contribution in [0.15, 0.2) is 53.2 Å². The fourth-order valence-electron chi connectivity index (χ4n) is 1.72. The number of hydrogen-bond acceptors (Lipinski definition) is 5. The monoisotopic (exact) mass is 238 g/mol. The Balaban J connectivity index is 2.05. The molecule has 0 fully saturated rings. The van der Waals surface area contributed by atoms with E-state index in [1.54, 1.807) is 12.4 Å². The molecule has 0 bridgehead atoms. The van der Waals surface area contributed by atoms with Crippen LogP contribution in [0, 0.1) is 0 Å². The highest BCUT2D eigenvalue weighted by molar-refractivity contribution is 5.69. The molecule has 3 aromatic rings. The van der Waals surface area contributed by atoms with Crippen molar-refractivity contribution in [1.29, 1.82) is 0 Å². The summed E-state index contributed by atoms with van der Waals surface area (Å²) in [6, 6.07) is 11.7. The fraction of sp³-hybridized carbons (Fsp3) is 0. The predicted octanol–water partition coefficient (Wildman–Crippen LogP) is 2.38. The van der Waals surface area contributed by atoms with Crippen LogP contribution in [0.5, 0.6) is 0 Å². The number of nitrogens with zero attached hydrogens (tertiary/aromatic N) is 3. The summed E-state index contributed by atoms with van der Waals surface area (Å²) in [5.74, 6) is 0.415. The maximum Gasteiger partial charge on any atom is 0.313 e. The molecule has 1 aromatic carbocycles. The summed E-state index contributed by atoms with van der Waals surface area (Å²) in [6.45, 7) is 0. The van der Waals surface area contributed by atoms with Crippen LogP contribution in [0.2, 0.25) is 0 Å². The highest BCUT2D eigenvalue weighted by Crippen LogP contribution is 2.25. The van der Waals surface area contributed by atoms with E-state index in [0.29, 0.717) is 5.89 Å². The molecule has 2 heterocycles. The summed E-state index contributed by atoms with van der Waals surface area (Å²) in [6.07, 6.45) is 3.55. The molecule has 0 atom stereocenters. The average molecular weight is 238 g/mol. The second-order valence-corrected chi connectivity index (χ2v) is 3.77. The molecule has 0 aliphatic carbocycles. The van der Waals surface area contributed by atoms with Crippen molar-refractivity contribution >= 4 is 6.01 Å². The molecule has 0 aliphatic heterocycles. The van der Waals surface area contributed by atoms with E-state index in [2.05, 4.69) is 15.2 Å². The Morgan fingerprint density at radius 3 is 2.50 bits per heavy atom. The number of nitrogens with two attached hydrogens (primary N) is 1. The van der Waals surface area contributed by atoms with Gasteiger partial charge >= 0.3 is 6.01 Å². The Bertz CT molecular complexity index is 664. The molecule has 0 radical (unpaired) electrons. The normalized spacial score (nSPS) is 10.4. The standard InChI is InChI=1S/C13H10N4O/c14-13-17-16-12(18-13)10-4-1-3-9(7-10)11-5-2-6-15-8-11/h1-8H,(H2,14,17). The zero-order chi connectivity index (χ0) is 12.4. The van der Waals surface area contributed by atoms with E-state index in [0.717, 1.165) is 16.7 Å². The first-order chi connectivity index (χ1) is 8.83. The van der Waals surface area contributed by atoms with E-state index in [1.165, 1.54) is 0 Å². The first-order valence-corrected chi connectivity index (χ1v) is 5.43. The number of pyridine rings is 1. The highest BCUT2D eigenvalue weighted by atomic mass is 16.4. The van der Waals surface area contributed by atoms with Gasteiger partial charge in [-0.3, -0.25) is 4.98 Å². The van der Waals surface area contributed by atoms with E-state index in [-0.39, 0.29) is 6.01 Å². The zero-order valence-electron chi connectivity index (χ0n) is 9.45. The minimum Gasteiger partial charge on any atom is -0.404 e. The molecule has 0 spiro atoms. The highest BCUT2D eigenvalue weighted by Gasteiger charge is 2.07. The number of rotatable bonds is 2. The molecule has 3 rings (SSSR count). The van der Waals surface area contributed by atoms with Crippen LogP contribution in [0.4, 0.5) is 6.01 Å². The van der Waals surface area contributed by atoms with Gasteiger partial charge in [-0.05, 0) is 23.8 Å². The third kappa shape index (κ3) is 1.93. The Morgan fingerprint density at radius 2 is 1.78 bits per heavy atom. The maximum atomic E-state index is 5.41. The van der Waals surface area contributed by atoms with E-state index >= 15 is 0 Å². The van der Waals surface area contributed by atoms with Gasteiger partial charge in [0.25, 0.3) is 0 Å². The SMILES string of the molecule is Nc1nnc(-c2cccc(-c3cccnc3)c2)o1. The number of benzene rings is 1. The Hall–Kier alpha value is -2.69. The topological polar surface area (TPSA) is 77.8 Å². The molecule has 0 amide bonds. The lowest BCUT2D eigenvalue weighted by Crippen LogP contribution is -1.82. The van der Waals surface area contributed by atoms with E-state index in [1.807, 2.05) is 36.4 Å². The van der Waals surface area contributed by atoms with Gasteiger partial charge in [0.2, 0.25) is 5.89 Å². The van der Waals surface area contributed by atoms with Gasteiger partial charge in [0.1, 0.15) is 0 Å². The third-order valence-electron chi connectivity index (χ3n) is 2.55. The van der Waals surface area contributed by atoms with Gasteiger partial charge in [-0.25, -0.2) is 0 Å². The van der Waals surface area contributed by atoms with Crippen molar-refractivity contribution in [2.45, 2.75) is 0 Å². The van der Waals surface area contributed by atoms with Gasteiger partial charge in [0.15, 0.2) is 0 Å². The Morgan fingerprint density at radius 1 is 0.944 bits per heavy atom. The molecule has 0 saturated carbocycles. The summed E-state index contributed by atoms with van der Waals surface area (Å²) in [5, 5.41) is 7.51. The van der Waals surface area contributed by atoms with Crippen LogP contribution in [0.1, 0.15) is 0 Å².